The van der Waals surface area contributed by atoms with Crippen LogP contribution < -0.4 is 16.2 Å². The number of alkyl carbamates (subject to hydrolysis) is 1. The fourth-order valence-electron chi connectivity index (χ4n) is 5.12. The molecule has 15 heteroatoms. The highest BCUT2D eigenvalue weighted by molar-refractivity contribution is 7.49. The zero-order valence-corrected chi connectivity index (χ0v) is 25.4. The molecule has 0 bridgehead atoms. The Morgan fingerprint density at radius 1 is 1.21 bits per heavy atom. The number of aliphatic hydroxyl groups excluding tert-OH is 1. The molecule has 5 atom stereocenters. The number of nitrogens with zero attached hydrogens (tertiary/aromatic N) is 4. The fourth-order valence-corrected chi connectivity index (χ4v) is 7.15. The van der Waals surface area contributed by atoms with Crippen molar-refractivity contribution >= 4 is 37.4 Å². The van der Waals surface area contributed by atoms with Gasteiger partial charge >= 0.3 is 6.09 Å². The van der Waals surface area contributed by atoms with Gasteiger partial charge in [-0.2, -0.15) is 4.98 Å². The van der Waals surface area contributed by atoms with Gasteiger partial charge in [-0.25, -0.2) is 9.78 Å². The number of benzene rings is 1. The topological polar surface area (TPSA) is 173 Å². The molecule has 1 aliphatic rings. The Morgan fingerprint density at radius 3 is 2.52 bits per heavy atom. The van der Waals surface area contributed by atoms with Gasteiger partial charge < -0.3 is 24.4 Å². The van der Waals surface area contributed by atoms with Crippen LogP contribution in [-0.4, -0.2) is 84.9 Å². The lowest BCUT2D eigenvalue weighted by atomic mass is 10.1. The highest BCUT2D eigenvalue weighted by Gasteiger charge is 2.49. The van der Waals surface area contributed by atoms with Gasteiger partial charge in [-0.05, 0) is 39.9 Å². The molecule has 2 amide bonds. The first-order valence-electron chi connectivity index (χ1n) is 13.7. The Bertz CT molecular complexity index is 1420. The zero-order valence-electron chi connectivity index (χ0n) is 24.5. The van der Waals surface area contributed by atoms with Crippen LogP contribution >= 0.6 is 8.30 Å². The molecule has 3 heterocycles. The van der Waals surface area contributed by atoms with Gasteiger partial charge in [0.1, 0.15) is 33.2 Å². The molecule has 0 spiro atoms. The van der Waals surface area contributed by atoms with Crippen LogP contribution in [0, 0.1) is 0 Å². The maximum atomic E-state index is 13.1. The summed E-state index contributed by atoms with van der Waals surface area (Å²) in [6, 6.07) is 8.72. The summed E-state index contributed by atoms with van der Waals surface area (Å²) in [5.41, 5.74) is 0.356. The van der Waals surface area contributed by atoms with E-state index in [0.717, 1.165) is 5.56 Å². The first-order chi connectivity index (χ1) is 20.0. The minimum atomic E-state index is -1.19. The summed E-state index contributed by atoms with van der Waals surface area (Å²) >= 11 is 0. The summed E-state index contributed by atoms with van der Waals surface area (Å²) < 4.78 is 22.0. The predicted molar refractivity (Wildman–Crippen MR) is 157 cm³/mol. The van der Waals surface area contributed by atoms with Crippen molar-refractivity contribution in [3.63, 3.8) is 0 Å². The largest absolute Gasteiger partial charge is 0.445 e. The Labute approximate surface area is 244 Å². The Morgan fingerprint density at radius 2 is 1.90 bits per heavy atom. The number of ether oxygens (including phenoxy) is 2. The minimum absolute atomic E-state index is 0.00607. The minimum Gasteiger partial charge on any atom is -0.445 e. The van der Waals surface area contributed by atoms with Crippen molar-refractivity contribution in [3.8, 4) is 0 Å². The number of fused-ring (bicyclic) bond motifs is 1. The summed E-state index contributed by atoms with van der Waals surface area (Å²) in [5.74, 6) is -0.494. The highest BCUT2D eigenvalue weighted by atomic mass is 31.2. The standard InChI is InChI=1S/C27H38N7O7P/c1-15(2)34(16(3)4)42(6)41-22-19(12-35)40-25(20(22)30-27(38)39-13-18-10-8-7-9-11-18)33-14-28-21-23(33)31-26(29-17(5)36)32-24(21)37/h7-11,14-16,19-20,22,25,35H,12-13H2,1-6H3,(H,30,38)(H2,29,31,32,36,37)/t19-,20+,22?,25-,42?/m1/s1. The maximum Gasteiger partial charge on any atom is 0.407 e. The van der Waals surface area contributed by atoms with Crippen LogP contribution in [0.2, 0.25) is 0 Å². The molecule has 4 N–H and O–H groups in total. The fraction of sp³-hybridized carbons (Fsp3) is 0.519. The Balaban J connectivity index is 1.70. The van der Waals surface area contributed by atoms with E-state index < -0.39 is 56.9 Å². The van der Waals surface area contributed by atoms with Crippen molar-refractivity contribution in [2.24, 2.45) is 0 Å². The van der Waals surface area contributed by atoms with Gasteiger partial charge in [0, 0.05) is 19.0 Å². The van der Waals surface area contributed by atoms with E-state index in [4.69, 9.17) is 14.0 Å². The number of carbonyl (C=O) groups excluding carboxylic acids is 2. The predicted octanol–water partition coefficient (Wildman–Crippen LogP) is 2.71. The van der Waals surface area contributed by atoms with Gasteiger partial charge in [0.15, 0.2) is 17.4 Å². The first kappa shape index (κ1) is 31.5. The van der Waals surface area contributed by atoms with E-state index in [1.54, 1.807) is 0 Å². The number of aromatic nitrogens is 4. The number of anilines is 1. The Kier molecular flexibility index (Phi) is 10.3. The van der Waals surface area contributed by atoms with Gasteiger partial charge in [0.25, 0.3) is 5.56 Å². The number of carbonyl (C=O) groups is 2. The highest BCUT2D eigenvalue weighted by Crippen LogP contribution is 2.46. The molecule has 2 unspecified atom stereocenters. The molecule has 3 aromatic rings. The van der Waals surface area contributed by atoms with Crippen molar-refractivity contribution in [1.82, 2.24) is 29.5 Å². The molecule has 0 aliphatic carbocycles. The summed E-state index contributed by atoms with van der Waals surface area (Å²) in [6.45, 7) is 11.2. The van der Waals surface area contributed by atoms with Crippen LogP contribution in [0.3, 0.4) is 0 Å². The van der Waals surface area contributed by atoms with E-state index in [9.17, 15) is 19.5 Å². The van der Waals surface area contributed by atoms with Crippen LogP contribution in [0.4, 0.5) is 10.7 Å². The van der Waals surface area contributed by atoms with Crippen molar-refractivity contribution in [2.45, 2.75) is 77.8 Å². The smallest absolute Gasteiger partial charge is 0.407 e. The number of imidazole rings is 1. The number of amides is 2. The monoisotopic (exact) mass is 603 g/mol. The molecular formula is C27H38N7O7P. The van der Waals surface area contributed by atoms with E-state index in [0.29, 0.717) is 0 Å². The van der Waals surface area contributed by atoms with Crippen LogP contribution in [0.25, 0.3) is 11.2 Å². The molecule has 0 radical (unpaired) electrons. The van der Waals surface area contributed by atoms with Crippen LogP contribution in [0.1, 0.15) is 46.4 Å². The van der Waals surface area contributed by atoms with E-state index >= 15 is 0 Å². The maximum absolute atomic E-state index is 13.1. The van der Waals surface area contributed by atoms with Crippen LogP contribution in [-0.2, 0) is 25.4 Å². The number of rotatable bonds is 11. The summed E-state index contributed by atoms with van der Waals surface area (Å²) in [4.78, 5) is 48.5. The van der Waals surface area contributed by atoms with Crippen molar-refractivity contribution < 1.29 is 28.7 Å². The van der Waals surface area contributed by atoms with Crippen LogP contribution in [0.15, 0.2) is 41.5 Å². The second-order valence-corrected chi connectivity index (χ2v) is 12.1. The van der Waals surface area contributed by atoms with E-state index in [2.05, 4.69) is 58.0 Å². The number of nitrogens with one attached hydrogen (secondary N) is 3. The third-order valence-corrected chi connectivity index (χ3v) is 8.80. The Hall–Kier alpha value is -3.42. The molecule has 4 rings (SSSR count). The number of aliphatic hydroxyl groups is 1. The molecule has 14 nitrogen and oxygen atoms in total. The number of hydrogen-bond acceptors (Lipinski definition) is 10. The molecule has 1 aromatic carbocycles. The molecule has 42 heavy (non-hydrogen) atoms. The molecular weight excluding hydrogens is 565 g/mol. The van der Waals surface area contributed by atoms with Crippen LogP contribution in [0.5, 0.6) is 0 Å². The SMILES string of the molecule is CC(=O)Nc1nc2c(ncn2[C@@H]2O[C@H](CO)C(OP(C)N(C(C)C)C(C)C)[C@@H]2NC(=O)OCc2ccccc2)c(=O)[nH]1. The summed E-state index contributed by atoms with van der Waals surface area (Å²) in [5, 5.41) is 15.7. The lowest BCUT2D eigenvalue weighted by Crippen LogP contribution is -2.48. The summed E-state index contributed by atoms with van der Waals surface area (Å²) in [6.07, 6.45) is -1.98. The first-order valence-corrected chi connectivity index (χ1v) is 15.3. The molecule has 0 saturated carbocycles. The second kappa shape index (κ2) is 13.7. The number of aromatic amines is 1. The zero-order chi connectivity index (χ0) is 30.6. The lowest BCUT2D eigenvalue weighted by molar-refractivity contribution is -0.114. The molecule has 1 saturated heterocycles. The molecule has 1 fully saturated rings. The normalized spacial score (nSPS) is 21.3. The van der Waals surface area contributed by atoms with Gasteiger partial charge in [-0.15, -0.1) is 0 Å². The van der Waals surface area contributed by atoms with Gasteiger partial charge in [-0.3, -0.25) is 29.1 Å². The third-order valence-electron chi connectivity index (χ3n) is 6.68. The average Bonchev–Trinajstić information content (AvgIpc) is 3.48. The molecule has 1 aliphatic heterocycles. The van der Waals surface area contributed by atoms with E-state index in [1.807, 2.05) is 37.0 Å². The van der Waals surface area contributed by atoms with E-state index in [-0.39, 0.29) is 35.8 Å². The van der Waals surface area contributed by atoms with Crippen molar-refractivity contribution in [3.05, 3.63) is 52.6 Å². The van der Waals surface area contributed by atoms with Gasteiger partial charge in [0.2, 0.25) is 11.9 Å². The number of H-pyrrole nitrogens is 1. The van der Waals surface area contributed by atoms with E-state index in [1.165, 1.54) is 17.8 Å². The lowest BCUT2D eigenvalue weighted by Gasteiger charge is -2.38. The second-order valence-electron chi connectivity index (χ2n) is 10.5. The third kappa shape index (κ3) is 7.13. The molecule has 228 valence electrons. The molecule has 2 aromatic heterocycles. The quantitative estimate of drug-likeness (QED) is 0.239. The number of hydrogen-bond donors (Lipinski definition) is 4. The van der Waals surface area contributed by atoms with Crippen molar-refractivity contribution in [1.29, 1.82) is 0 Å². The summed E-state index contributed by atoms with van der Waals surface area (Å²) in [7, 11) is -1.19. The van der Waals surface area contributed by atoms with Gasteiger partial charge in [-0.1, -0.05) is 30.3 Å². The van der Waals surface area contributed by atoms with Crippen molar-refractivity contribution in [2.75, 3.05) is 18.6 Å². The average molecular weight is 604 g/mol. The van der Waals surface area contributed by atoms with Gasteiger partial charge in [0.05, 0.1) is 12.9 Å².